The van der Waals surface area contributed by atoms with E-state index in [1.54, 1.807) is 19.2 Å². The van der Waals surface area contributed by atoms with E-state index in [4.69, 9.17) is 11.6 Å². The van der Waals surface area contributed by atoms with Crippen LogP contribution in [0.4, 0.5) is 10.1 Å². The molecule has 0 radical (unpaired) electrons. The lowest BCUT2D eigenvalue weighted by Crippen LogP contribution is -2.19. The number of amides is 1. The fraction of sp³-hybridized carbons (Fsp3) is 0.188. The summed E-state index contributed by atoms with van der Waals surface area (Å²) in [5.41, 5.74) is 2.34. The van der Waals surface area contributed by atoms with Crippen molar-refractivity contribution < 1.29 is 9.18 Å². The minimum atomic E-state index is -0.328. The Balaban J connectivity index is 1.96. The topological polar surface area (TPSA) is 41.1 Å². The number of anilines is 1. The van der Waals surface area contributed by atoms with E-state index in [-0.39, 0.29) is 11.7 Å². The molecule has 2 aromatic carbocycles. The third-order valence-corrected chi connectivity index (χ3v) is 3.33. The Kier molecular flexibility index (Phi) is 5.17. The predicted molar refractivity (Wildman–Crippen MR) is 82.9 cm³/mol. The summed E-state index contributed by atoms with van der Waals surface area (Å²) in [4.78, 5) is 11.3. The maximum atomic E-state index is 13.6. The molecule has 0 unspecified atom stereocenters. The number of nitrogens with one attached hydrogen (secondary N) is 2. The first-order chi connectivity index (χ1) is 10.1. The van der Waals surface area contributed by atoms with Gasteiger partial charge in [-0.3, -0.25) is 4.79 Å². The van der Waals surface area contributed by atoms with Gasteiger partial charge in [-0.2, -0.15) is 0 Å². The summed E-state index contributed by atoms with van der Waals surface area (Å²) in [6.45, 7) is 0.373. The number of hydrogen-bond donors (Lipinski definition) is 2. The number of likely N-dealkylation sites (N-methyl/N-ethyl adjacent to an activating group) is 1. The van der Waals surface area contributed by atoms with E-state index in [2.05, 4.69) is 10.6 Å². The minimum absolute atomic E-state index is 0.0288. The molecular weight excluding hydrogens is 291 g/mol. The minimum Gasteiger partial charge on any atom is -0.381 e. The molecule has 5 heteroatoms. The number of carbonyl (C=O) groups excluding carboxylic acids is 1. The smallest absolute Gasteiger partial charge is 0.224 e. The fourth-order valence-corrected chi connectivity index (χ4v) is 2.04. The fourth-order valence-electron chi connectivity index (χ4n) is 1.88. The van der Waals surface area contributed by atoms with Crippen LogP contribution in [0.3, 0.4) is 0 Å². The van der Waals surface area contributed by atoms with Crippen molar-refractivity contribution in [1.82, 2.24) is 5.32 Å². The highest BCUT2D eigenvalue weighted by molar-refractivity contribution is 6.30. The van der Waals surface area contributed by atoms with Crippen LogP contribution in [0.2, 0.25) is 5.02 Å². The van der Waals surface area contributed by atoms with Crippen LogP contribution >= 0.6 is 11.6 Å². The van der Waals surface area contributed by atoms with Crippen LogP contribution in [0.25, 0.3) is 0 Å². The van der Waals surface area contributed by atoms with Crippen molar-refractivity contribution in [3.63, 3.8) is 0 Å². The Labute approximate surface area is 128 Å². The molecule has 2 rings (SSSR count). The van der Waals surface area contributed by atoms with Gasteiger partial charge in [0.15, 0.2) is 0 Å². The van der Waals surface area contributed by atoms with Crippen LogP contribution in [0.15, 0.2) is 42.5 Å². The molecule has 0 bridgehead atoms. The van der Waals surface area contributed by atoms with Crippen molar-refractivity contribution in [2.75, 3.05) is 12.4 Å². The normalized spacial score (nSPS) is 10.2. The average Bonchev–Trinajstić information content (AvgIpc) is 2.48. The van der Waals surface area contributed by atoms with Gasteiger partial charge in [0, 0.05) is 29.9 Å². The molecule has 0 aliphatic heterocycles. The summed E-state index contributed by atoms with van der Waals surface area (Å²) >= 11 is 5.71. The summed E-state index contributed by atoms with van der Waals surface area (Å²) in [5.74, 6) is -0.356. The molecule has 0 spiro atoms. The predicted octanol–water partition coefficient (Wildman–Crippen LogP) is 3.38. The molecule has 21 heavy (non-hydrogen) atoms. The van der Waals surface area contributed by atoms with E-state index < -0.39 is 0 Å². The SMILES string of the molecule is CNC(=O)Cc1ccc(NCc2ccc(Cl)cc2F)cc1. The molecule has 0 fully saturated rings. The van der Waals surface area contributed by atoms with Gasteiger partial charge in [-0.15, -0.1) is 0 Å². The second-order valence-corrected chi connectivity index (χ2v) is 5.07. The summed E-state index contributed by atoms with van der Waals surface area (Å²) in [5, 5.41) is 6.09. The van der Waals surface area contributed by atoms with Gasteiger partial charge in [-0.05, 0) is 29.8 Å². The Morgan fingerprint density at radius 3 is 2.52 bits per heavy atom. The molecule has 3 nitrogen and oxygen atoms in total. The Bertz CT molecular complexity index is 629. The summed E-state index contributed by atoms with van der Waals surface area (Å²) in [6, 6.07) is 12.1. The van der Waals surface area contributed by atoms with E-state index in [1.165, 1.54) is 6.07 Å². The van der Waals surface area contributed by atoms with Gasteiger partial charge in [0.25, 0.3) is 0 Å². The number of hydrogen-bond acceptors (Lipinski definition) is 2. The second-order valence-electron chi connectivity index (χ2n) is 4.64. The van der Waals surface area contributed by atoms with E-state index >= 15 is 0 Å². The van der Waals surface area contributed by atoms with Gasteiger partial charge >= 0.3 is 0 Å². The number of carbonyl (C=O) groups is 1. The molecule has 0 heterocycles. The largest absolute Gasteiger partial charge is 0.381 e. The third-order valence-electron chi connectivity index (χ3n) is 3.10. The van der Waals surface area contributed by atoms with Crippen molar-refractivity contribution in [1.29, 1.82) is 0 Å². The van der Waals surface area contributed by atoms with Gasteiger partial charge in [-0.1, -0.05) is 29.8 Å². The van der Waals surface area contributed by atoms with Gasteiger partial charge in [-0.25, -0.2) is 4.39 Å². The third kappa shape index (κ3) is 4.46. The first-order valence-electron chi connectivity index (χ1n) is 6.56. The van der Waals surface area contributed by atoms with Gasteiger partial charge in [0.2, 0.25) is 5.91 Å². The number of halogens is 2. The zero-order valence-corrected chi connectivity index (χ0v) is 12.4. The lowest BCUT2D eigenvalue weighted by Gasteiger charge is -2.08. The van der Waals surface area contributed by atoms with E-state index in [0.29, 0.717) is 23.6 Å². The molecule has 0 saturated heterocycles. The number of benzene rings is 2. The highest BCUT2D eigenvalue weighted by Crippen LogP contribution is 2.17. The molecule has 110 valence electrons. The first-order valence-corrected chi connectivity index (χ1v) is 6.93. The molecule has 2 aromatic rings. The van der Waals surface area contributed by atoms with Crippen molar-refractivity contribution in [3.05, 3.63) is 64.4 Å². The molecule has 0 aliphatic carbocycles. The molecule has 0 aliphatic rings. The second kappa shape index (κ2) is 7.09. The average molecular weight is 307 g/mol. The standard InChI is InChI=1S/C16H16ClFN2O/c1-19-16(21)8-11-2-6-14(7-3-11)20-10-12-4-5-13(17)9-15(12)18/h2-7,9,20H,8,10H2,1H3,(H,19,21). The van der Waals surface area contributed by atoms with Crippen molar-refractivity contribution in [2.24, 2.45) is 0 Å². The van der Waals surface area contributed by atoms with Crippen LogP contribution < -0.4 is 10.6 Å². The van der Waals surface area contributed by atoms with Crippen molar-refractivity contribution in [3.8, 4) is 0 Å². The lowest BCUT2D eigenvalue weighted by atomic mass is 10.1. The Morgan fingerprint density at radius 1 is 1.19 bits per heavy atom. The van der Waals surface area contributed by atoms with E-state index in [9.17, 15) is 9.18 Å². The summed E-state index contributed by atoms with van der Waals surface area (Å²) in [7, 11) is 1.61. The summed E-state index contributed by atoms with van der Waals surface area (Å²) in [6.07, 6.45) is 0.350. The van der Waals surface area contributed by atoms with Gasteiger partial charge < -0.3 is 10.6 Å². The molecule has 2 N–H and O–H groups in total. The van der Waals surface area contributed by atoms with Gasteiger partial charge in [0.05, 0.1) is 6.42 Å². The number of rotatable bonds is 5. The van der Waals surface area contributed by atoms with Crippen LogP contribution in [0.5, 0.6) is 0 Å². The van der Waals surface area contributed by atoms with E-state index in [1.807, 2.05) is 24.3 Å². The zero-order chi connectivity index (χ0) is 15.2. The van der Waals surface area contributed by atoms with Crippen LogP contribution in [-0.2, 0) is 17.8 Å². The monoisotopic (exact) mass is 306 g/mol. The first kappa shape index (κ1) is 15.3. The van der Waals surface area contributed by atoms with Crippen molar-refractivity contribution >= 4 is 23.2 Å². The molecule has 1 amide bonds. The molecule has 0 atom stereocenters. The summed E-state index contributed by atoms with van der Waals surface area (Å²) < 4.78 is 13.6. The maximum absolute atomic E-state index is 13.6. The zero-order valence-electron chi connectivity index (χ0n) is 11.6. The van der Waals surface area contributed by atoms with Crippen LogP contribution in [0, 0.1) is 5.82 Å². The van der Waals surface area contributed by atoms with Gasteiger partial charge in [0.1, 0.15) is 5.82 Å². The maximum Gasteiger partial charge on any atom is 0.224 e. The lowest BCUT2D eigenvalue weighted by molar-refractivity contribution is -0.119. The Morgan fingerprint density at radius 2 is 1.90 bits per heavy atom. The van der Waals surface area contributed by atoms with E-state index in [0.717, 1.165) is 11.3 Å². The van der Waals surface area contributed by atoms with Crippen LogP contribution in [-0.4, -0.2) is 13.0 Å². The molecular formula is C16H16ClFN2O. The highest BCUT2D eigenvalue weighted by Gasteiger charge is 2.04. The highest BCUT2D eigenvalue weighted by atomic mass is 35.5. The van der Waals surface area contributed by atoms with Crippen molar-refractivity contribution in [2.45, 2.75) is 13.0 Å². The molecule has 0 aromatic heterocycles. The quantitative estimate of drug-likeness (QED) is 0.889. The van der Waals surface area contributed by atoms with Crippen LogP contribution in [0.1, 0.15) is 11.1 Å². The Hall–Kier alpha value is -2.07. The molecule has 0 saturated carbocycles.